The maximum Gasteiger partial charge on any atom is 0.194 e. The molecule has 152 valence electrons. The van der Waals surface area contributed by atoms with Gasteiger partial charge in [0, 0.05) is 29.9 Å². The predicted octanol–water partition coefficient (Wildman–Crippen LogP) is 4.62. The first kappa shape index (κ1) is 17.8. The van der Waals surface area contributed by atoms with Crippen LogP contribution < -0.4 is 4.90 Å². The van der Waals surface area contributed by atoms with Crippen molar-refractivity contribution < 1.29 is 5.11 Å². The summed E-state index contributed by atoms with van der Waals surface area (Å²) in [5, 5.41) is 27.1. The molecule has 4 heterocycles. The molecule has 1 aromatic carbocycles. The van der Waals surface area contributed by atoms with Crippen LogP contribution in [0.4, 0.5) is 5.13 Å². The van der Waals surface area contributed by atoms with Crippen LogP contribution in [0.5, 0.6) is 5.75 Å². The van der Waals surface area contributed by atoms with E-state index in [2.05, 4.69) is 25.3 Å². The van der Waals surface area contributed by atoms with Crippen molar-refractivity contribution in [2.75, 3.05) is 11.4 Å². The lowest BCUT2D eigenvalue weighted by atomic mass is 9.85. The lowest BCUT2D eigenvalue weighted by molar-refractivity contribution is 0.342. The Kier molecular flexibility index (Phi) is 4.19. The highest BCUT2D eigenvalue weighted by atomic mass is 32.1. The molecule has 4 aromatic rings. The molecule has 3 aromatic heterocycles. The number of benzene rings is 1. The highest BCUT2D eigenvalue weighted by Crippen LogP contribution is 2.41. The van der Waals surface area contributed by atoms with Gasteiger partial charge >= 0.3 is 0 Å². The number of hydrogen-bond donors (Lipinski definition) is 2. The van der Waals surface area contributed by atoms with Crippen LogP contribution in [0.2, 0.25) is 0 Å². The third-order valence-corrected chi connectivity index (χ3v) is 7.53. The Bertz CT molecular complexity index is 1200. The number of aromatic amines is 1. The van der Waals surface area contributed by atoms with Crippen LogP contribution in [0.1, 0.15) is 32.1 Å². The SMILES string of the molecule is Oc1cc(-c2cn[nH]c2)ccc1-c1cc2sc(N3CC[C@H]4CCCC[C@H]43)nc2nn1. The van der Waals surface area contributed by atoms with Crippen LogP contribution in [0, 0.1) is 5.92 Å². The van der Waals surface area contributed by atoms with Crippen LogP contribution >= 0.6 is 11.3 Å². The fourth-order valence-corrected chi connectivity index (χ4v) is 5.99. The zero-order chi connectivity index (χ0) is 20.1. The minimum absolute atomic E-state index is 0.177. The molecule has 7 nitrogen and oxygen atoms in total. The van der Waals surface area contributed by atoms with E-state index in [1.807, 2.05) is 18.2 Å². The van der Waals surface area contributed by atoms with E-state index in [0.717, 1.165) is 33.4 Å². The smallest absolute Gasteiger partial charge is 0.194 e. The van der Waals surface area contributed by atoms with Crippen molar-refractivity contribution in [2.24, 2.45) is 5.92 Å². The topological polar surface area (TPSA) is 90.8 Å². The lowest BCUT2D eigenvalue weighted by Crippen LogP contribution is -2.34. The minimum atomic E-state index is 0.177. The molecule has 2 N–H and O–H groups in total. The Morgan fingerprint density at radius 2 is 2.00 bits per heavy atom. The van der Waals surface area contributed by atoms with Gasteiger partial charge < -0.3 is 10.0 Å². The normalized spacial score (nSPS) is 21.3. The van der Waals surface area contributed by atoms with Gasteiger partial charge in [-0.1, -0.05) is 30.2 Å². The van der Waals surface area contributed by atoms with E-state index in [1.54, 1.807) is 29.8 Å². The second-order valence-electron chi connectivity index (χ2n) is 8.23. The molecule has 0 amide bonds. The van der Waals surface area contributed by atoms with E-state index in [4.69, 9.17) is 4.98 Å². The summed E-state index contributed by atoms with van der Waals surface area (Å²) in [4.78, 5) is 7.28. The number of rotatable bonds is 3. The van der Waals surface area contributed by atoms with Gasteiger partial charge in [-0.15, -0.1) is 10.2 Å². The molecule has 0 spiro atoms. The Balaban J connectivity index is 1.33. The third-order valence-electron chi connectivity index (χ3n) is 6.50. The number of H-pyrrole nitrogens is 1. The molecule has 1 aliphatic carbocycles. The van der Waals surface area contributed by atoms with Gasteiger partial charge in [0.2, 0.25) is 0 Å². The first-order valence-electron chi connectivity index (χ1n) is 10.5. The molecule has 2 atom stereocenters. The summed E-state index contributed by atoms with van der Waals surface area (Å²) >= 11 is 1.68. The van der Waals surface area contributed by atoms with Crippen molar-refractivity contribution in [2.45, 2.75) is 38.1 Å². The lowest BCUT2D eigenvalue weighted by Gasteiger charge is -2.31. The van der Waals surface area contributed by atoms with Gasteiger partial charge in [0.25, 0.3) is 0 Å². The summed E-state index contributed by atoms with van der Waals surface area (Å²) in [7, 11) is 0. The Morgan fingerprint density at radius 1 is 1.07 bits per heavy atom. The van der Waals surface area contributed by atoms with Crippen molar-refractivity contribution in [3.63, 3.8) is 0 Å². The summed E-state index contributed by atoms with van der Waals surface area (Å²) in [6.07, 6.45) is 10.1. The average Bonchev–Trinajstić information content (AvgIpc) is 3.51. The molecule has 2 fully saturated rings. The highest BCUT2D eigenvalue weighted by molar-refractivity contribution is 7.22. The van der Waals surface area contributed by atoms with Crippen molar-refractivity contribution >= 4 is 26.8 Å². The third kappa shape index (κ3) is 2.94. The van der Waals surface area contributed by atoms with Gasteiger partial charge in [0.15, 0.2) is 10.8 Å². The molecule has 0 unspecified atom stereocenters. The van der Waals surface area contributed by atoms with Crippen LogP contribution in [0.15, 0.2) is 36.7 Å². The maximum atomic E-state index is 10.6. The molecule has 1 saturated heterocycles. The number of nitrogens with one attached hydrogen (secondary N) is 1. The average molecular weight is 419 g/mol. The zero-order valence-electron chi connectivity index (χ0n) is 16.5. The van der Waals surface area contributed by atoms with Crippen molar-refractivity contribution in [3.05, 3.63) is 36.7 Å². The molecule has 30 heavy (non-hydrogen) atoms. The molecule has 1 saturated carbocycles. The molecular formula is C22H22N6OS. The fraction of sp³-hybridized carbons (Fsp3) is 0.364. The molecular weight excluding hydrogens is 396 g/mol. The van der Waals surface area contributed by atoms with E-state index in [1.165, 1.54) is 32.1 Å². The van der Waals surface area contributed by atoms with Crippen molar-refractivity contribution in [1.29, 1.82) is 0 Å². The summed E-state index contributed by atoms with van der Waals surface area (Å²) in [6.45, 7) is 1.09. The van der Waals surface area contributed by atoms with E-state index < -0.39 is 0 Å². The largest absolute Gasteiger partial charge is 0.507 e. The molecule has 8 heteroatoms. The number of aromatic hydroxyl groups is 1. The monoisotopic (exact) mass is 418 g/mol. The van der Waals surface area contributed by atoms with Gasteiger partial charge in [-0.05, 0) is 48.9 Å². The Morgan fingerprint density at radius 3 is 2.87 bits per heavy atom. The van der Waals surface area contributed by atoms with Gasteiger partial charge in [-0.2, -0.15) is 10.1 Å². The van der Waals surface area contributed by atoms with Gasteiger partial charge in [0.05, 0.1) is 16.6 Å². The second kappa shape index (κ2) is 7.05. The number of thiazole rings is 1. The standard InChI is InChI=1S/C22H22N6OS/c29-19-9-14(15-11-23-24-12-15)5-6-16(19)17-10-20-21(27-26-17)25-22(30-20)28-8-7-13-3-1-2-4-18(13)28/h5-6,9-13,18,29H,1-4,7-8H2,(H,23,24)/t13-,18-/m1/s1. The van der Waals surface area contributed by atoms with Gasteiger partial charge in [-0.25, -0.2) is 0 Å². The Labute approximate surface area is 177 Å². The molecule has 0 radical (unpaired) electrons. The van der Waals surface area contributed by atoms with E-state index in [9.17, 15) is 5.11 Å². The first-order chi connectivity index (χ1) is 14.8. The first-order valence-corrected chi connectivity index (χ1v) is 11.3. The molecule has 0 bridgehead atoms. The summed E-state index contributed by atoms with van der Waals surface area (Å²) in [5.41, 5.74) is 3.84. The number of hydrogen-bond acceptors (Lipinski definition) is 7. The summed E-state index contributed by atoms with van der Waals surface area (Å²) < 4.78 is 1.01. The number of aromatic nitrogens is 5. The van der Waals surface area contributed by atoms with Gasteiger partial charge in [0.1, 0.15) is 5.75 Å². The van der Waals surface area contributed by atoms with E-state index in [0.29, 0.717) is 22.9 Å². The number of nitrogens with zero attached hydrogens (tertiary/aromatic N) is 5. The van der Waals surface area contributed by atoms with Gasteiger partial charge in [-0.3, -0.25) is 5.10 Å². The van der Waals surface area contributed by atoms with Crippen LogP contribution in [-0.2, 0) is 0 Å². The predicted molar refractivity (Wildman–Crippen MR) is 118 cm³/mol. The highest BCUT2D eigenvalue weighted by Gasteiger charge is 2.37. The molecule has 2 aliphatic rings. The summed E-state index contributed by atoms with van der Waals surface area (Å²) in [6, 6.07) is 8.19. The Hall–Kier alpha value is -3.00. The molecule has 6 rings (SSSR count). The fourth-order valence-electron chi connectivity index (χ4n) is 4.97. The van der Waals surface area contributed by atoms with Crippen LogP contribution in [0.3, 0.4) is 0 Å². The van der Waals surface area contributed by atoms with Crippen LogP contribution in [-0.4, -0.2) is 43.1 Å². The van der Waals surface area contributed by atoms with Crippen molar-refractivity contribution in [3.8, 4) is 28.1 Å². The molecule has 1 aliphatic heterocycles. The second-order valence-corrected chi connectivity index (χ2v) is 9.24. The van der Waals surface area contributed by atoms with E-state index >= 15 is 0 Å². The number of phenols is 1. The van der Waals surface area contributed by atoms with Crippen LogP contribution in [0.25, 0.3) is 32.7 Å². The number of phenolic OH excluding ortho intramolecular Hbond substituents is 1. The summed E-state index contributed by atoms with van der Waals surface area (Å²) in [5.74, 6) is 0.995. The quantitative estimate of drug-likeness (QED) is 0.505. The zero-order valence-corrected chi connectivity index (χ0v) is 17.3. The van der Waals surface area contributed by atoms with E-state index in [-0.39, 0.29) is 5.75 Å². The minimum Gasteiger partial charge on any atom is -0.507 e. The number of fused-ring (bicyclic) bond motifs is 2. The maximum absolute atomic E-state index is 10.6. The van der Waals surface area contributed by atoms with Crippen molar-refractivity contribution in [1.82, 2.24) is 25.4 Å². The number of anilines is 1.